The van der Waals surface area contributed by atoms with Gasteiger partial charge in [0.15, 0.2) is 0 Å². The van der Waals surface area contributed by atoms with Gasteiger partial charge in [-0.05, 0) is 12.5 Å². The second-order valence-corrected chi connectivity index (χ2v) is 4.92. The Morgan fingerprint density at radius 1 is 1.36 bits per heavy atom. The minimum atomic E-state index is -4.83. The van der Waals surface area contributed by atoms with Crippen LogP contribution in [0.3, 0.4) is 0 Å². The van der Waals surface area contributed by atoms with Gasteiger partial charge in [0.05, 0.1) is 18.8 Å². The third-order valence-electron chi connectivity index (χ3n) is 3.31. The van der Waals surface area contributed by atoms with Gasteiger partial charge in [-0.1, -0.05) is 13.0 Å². The van der Waals surface area contributed by atoms with Gasteiger partial charge >= 0.3 is 6.36 Å². The van der Waals surface area contributed by atoms with Crippen LogP contribution in [0.2, 0.25) is 0 Å². The van der Waals surface area contributed by atoms with Gasteiger partial charge in [0, 0.05) is 6.07 Å². The lowest BCUT2D eigenvalue weighted by molar-refractivity contribution is -0.276. The van der Waals surface area contributed by atoms with Crippen molar-refractivity contribution < 1.29 is 32.9 Å². The highest BCUT2D eigenvalue weighted by Crippen LogP contribution is 2.24. The maximum Gasteiger partial charge on any atom is 0.574 e. The van der Waals surface area contributed by atoms with Crippen LogP contribution >= 0.6 is 0 Å². The number of aliphatic hydroxyl groups is 2. The second kappa shape index (κ2) is 6.67. The van der Waals surface area contributed by atoms with E-state index in [1.54, 1.807) is 0 Å². The monoisotopic (exact) mass is 322 g/mol. The minimum Gasteiger partial charge on any atom is -0.388 e. The van der Waals surface area contributed by atoms with Crippen LogP contribution < -0.4 is 10.1 Å². The maximum atomic E-state index is 12.2. The summed E-state index contributed by atoms with van der Waals surface area (Å²) in [6.07, 6.45) is -6.96. The van der Waals surface area contributed by atoms with Crippen LogP contribution in [0.1, 0.15) is 13.3 Å². The minimum absolute atomic E-state index is 0.0801. The molecule has 2 rings (SSSR count). The molecular weight excluding hydrogens is 305 g/mol. The number of anilines is 1. The Kier molecular flexibility index (Phi) is 5.09. The summed E-state index contributed by atoms with van der Waals surface area (Å²) < 4.78 is 45.6. The molecule has 3 N–H and O–H groups in total. The van der Waals surface area contributed by atoms with Crippen molar-refractivity contribution in [3.05, 3.63) is 18.2 Å². The van der Waals surface area contributed by atoms with Crippen molar-refractivity contribution in [1.29, 1.82) is 0 Å². The number of alkyl halides is 3. The number of nitrogens with one attached hydrogen (secondary N) is 1. The molecule has 0 aliphatic carbocycles. The van der Waals surface area contributed by atoms with E-state index < -0.39 is 36.6 Å². The van der Waals surface area contributed by atoms with E-state index in [0.717, 1.165) is 6.07 Å². The number of aliphatic hydroxyl groups excluding tert-OH is 2. The second-order valence-electron chi connectivity index (χ2n) is 4.92. The highest BCUT2D eigenvalue weighted by atomic mass is 19.4. The van der Waals surface area contributed by atoms with Crippen molar-refractivity contribution >= 4 is 5.82 Å². The Morgan fingerprint density at radius 3 is 2.73 bits per heavy atom. The summed E-state index contributed by atoms with van der Waals surface area (Å²) in [6.45, 7) is 1.91. The summed E-state index contributed by atoms with van der Waals surface area (Å²) in [4.78, 5) is 3.65. The van der Waals surface area contributed by atoms with Gasteiger partial charge < -0.3 is 25.0 Å². The van der Waals surface area contributed by atoms with E-state index in [1.165, 1.54) is 12.1 Å². The number of rotatable bonds is 4. The molecule has 1 fully saturated rings. The normalized spacial score (nSPS) is 29.2. The zero-order chi connectivity index (χ0) is 16.3. The van der Waals surface area contributed by atoms with Gasteiger partial charge in [0.25, 0.3) is 0 Å². The van der Waals surface area contributed by atoms with Crippen molar-refractivity contribution in [2.75, 3.05) is 11.9 Å². The maximum absolute atomic E-state index is 12.2. The molecule has 6 nitrogen and oxygen atoms in total. The molecule has 1 aromatic rings. The Morgan fingerprint density at radius 2 is 2.09 bits per heavy atom. The first-order valence-corrected chi connectivity index (χ1v) is 6.77. The summed E-state index contributed by atoms with van der Waals surface area (Å²) in [7, 11) is 0. The van der Waals surface area contributed by atoms with Crippen molar-refractivity contribution in [2.45, 2.75) is 44.1 Å². The van der Waals surface area contributed by atoms with Gasteiger partial charge in [-0.25, -0.2) is 0 Å². The standard InChI is InChI=1S/C13H17F3N2O4/c1-2-8-12(20)11(19)7(6-21-8)17-9-4-3-5-10(18-9)22-13(14,15)16/h3-5,7-8,11-12,19-20H,2,6H2,1H3,(H,17,18)/t7-,8+,11+,12-/m0/s1. The molecule has 2 heterocycles. The van der Waals surface area contributed by atoms with E-state index in [9.17, 15) is 23.4 Å². The fourth-order valence-corrected chi connectivity index (χ4v) is 2.23. The molecule has 1 aromatic heterocycles. The van der Waals surface area contributed by atoms with Crippen molar-refractivity contribution in [1.82, 2.24) is 4.98 Å². The van der Waals surface area contributed by atoms with Crippen LogP contribution in [0.4, 0.5) is 19.0 Å². The molecule has 1 aliphatic heterocycles. The van der Waals surface area contributed by atoms with Crippen LogP contribution in [0.15, 0.2) is 18.2 Å². The average molecular weight is 322 g/mol. The zero-order valence-corrected chi connectivity index (χ0v) is 11.7. The molecule has 22 heavy (non-hydrogen) atoms. The number of hydrogen-bond donors (Lipinski definition) is 3. The third kappa shape index (κ3) is 4.21. The molecule has 0 bridgehead atoms. The Balaban J connectivity index is 2.03. The van der Waals surface area contributed by atoms with E-state index in [2.05, 4.69) is 15.0 Å². The van der Waals surface area contributed by atoms with E-state index in [4.69, 9.17) is 4.74 Å². The quantitative estimate of drug-likeness (QED) is 0.775. The van der Waals surface area contributed by atoms with E-state index in [-0.39, 0.29) is 12.4 Å². The van der Waals surface area contributed by atoms with Gasteiger partial charge in [-0.15, -0.1) is 13.2 Å². The van der Waals surface area contributed by atoms with Crippen LogP contribution in [-0.2, 0) is 4.74 Å². The fourth-order valence-electron chi connectivity index (χ4n) is 2.23. The highest BCUT2D eigenvalue weighted by molar-refractivity contribution is 5.38. The highest BCUT2D eigenvalue weighted by Gasteiger charge is 2.37. The van der Waals surface area contributed by atoms with Gasteiger partial charge in [0.2, 0.25) is 5.88 Å². The molecule has 0 saturated carbocycles. The van der Waals surface area contributed by atoms with Gasteiger partial charge in [-0.3, -0.25) is 0 Å². The van der Waals surface area contributed by atoms with Gasteiger partial charge in [0.1, 0.15) is 18.0 Å². The van der Waals surface area contributed by atoms with Crippen molar-refractivity contribution in [3.8, 4) is 5.88 Å². The molecular formula is C13H17F3N2O4. The molecule has 9 heteroatoms. The van der Waals surface area contributed by atoms with Crippen LogP contribution in [0.25, 0.3) is 0 Å². The molecule has 0 aromatic carbocycles. The lowest BCUT2D eigenvalue weighted by Gasteiger charge is -2.37. The topological polar surface area (TPSA) is 83.8 Å². The number of hydrogen-bond acceptors (Lipinski definition) is 6. The Hall–Kier alpha value is -1.58. The number of aromatic nitrogens is 1. The molecule has 0 radical (unpaired) electrons. The predicted octanol–water partition coefficient (Wildman–Crippen LogP) is 1.29. The Bertz CT molecular complexity index is 500. The number of nitrogens with zero attached hydrogens (tertiary/aromatic N) is 1. The van der Waals surface area contributed by atoms with E-state index in [0.29, 0.717) is 6.42 Å². The van der Waals surface area contributed by atoms with Crippen molar-refractivity contribution in [2.24, 2.45) is 0 Å². The number of ether oxygens (including phenoxy) is 2. The first kappa shape index (κ1) is 16.8. The lowest BCUT2D eigenvalue weighted by Crippen LogP contribution is -2.55. The summed E-state index contributed by atoms with van der Waals surface area (Å²) in [5.74, 6) is -0.535. The molecule has 0 unspecified atom stereocenters. The van der Waals surface area contributed by atoms with E-state index in [1.807, 2.05) is 6.92 Å². The van der Waals surface area contributed by atoms with Crippen LogP contribution in [-0.4, -0.2) is 52.5 Å². The molecule has 4 atom stereocenters. The SMILES string of the molecule is CC[C@H]1OC[C@H](Nc2cccc(OC(F)(F)F)n2)[C@@H](O)[C@H]1O. The van der Waals surface area contributed by atoms with Gasteiger partial charge in [-0.2, -0.15) is 4.98 Å². The first-order valence-electron chi connectivity index (χ1n) is 6.77. The molecule has 0 amide bonds. The first-order chi connectivity index (χ1) is 10.3. The lowest BCUT2D eigenvalue weighted by atomic mass is 9.96. The van der Waals surface area contributed by atoms with Crippen LogP contribution in [0.5, 0.6) is 5.88 Å². The molecule has 124 valence electrons. The molecule has 1 aliphatic rings. The molecule has 0 spiro atoms. The van der Waals surface area contributed by atoms with Crippen molar-refractivity contribution in [3.63, 3.8) is 0 Å². The summed E-state index contributed by atoms with van der Waals surface area (Å²) >= 11 is 0. The average Bonchev–Trinajstić information content (AvgIpc) is 2.43. The summed E-state index contributed by atoms with van der Waals surface area (Å²) in [5, 5.41) is 22.6. The Labute approximate surface area is 124 Å². The summed E-state index contributed by atoms with van der Waals surface area (Å²) in [5.41, 5.74) is 0. The third-order valence-corrected chi connectivity index (χ3v) is 3.31. The smallest absolute Gasteiger partial charge is 0.388 e. The molecule has 1 saturated heterocycles. The number of halogens is 3. The largest absolute Gasteiger partial charge is 0.574 e. The van der Waals surface area contributed by atoms with E-state index >= 15 is 0 Å². The van der Waals surface area contributed by atoms with Crippen LogP contribution in [0, 0.1) is 0 Å². The zero-order valence-electron chi connectivity index (χ0n) is 11.7. The summed E-state index contributed by atoms with van der Waals surface area (Å²) in [6, 6.07) is 3.13. The number of pyridine rings is 1. The predicted molar refractivity (Wildman–Crippen MR) is 70.4 cm³/mol. The fraction of sp³-hybridized carbons (Fsp3) is 0.615.